The highest BCUT2D eigenvalue weighted by atomic mass is 16.4. The SMILES string of the molecule is CC1CCC(c2cc(C3CCC(C)CC3)c(C(=O)O)c(C3CCC(C)CC3)c2)CC1. The van der Waals surface area contributed by atoms with Gasteiger partial charge in [-0.25, -0.2) is 4.79 Å². The van der Waals surface area contributed by atoms with Crippen molar-refractivity contribution < 1.29 is 9.90 Å². The van der Waals surface area contributed by atoms with Crippen LogP contribution in [0.25, 0.3) is 0 Å². The lowest BCUT2D eigenvalue weighted by molar-refractivity contribution is 0.0692. The zero-order valence-corrected chi connectivity index (χ0v) is 19.5. The van der Waals surface area contributed by atoms with Crippen molar-refractivity contribution in [2.75, 3.05) is 0 Å². The third kappa shape index (κ3) is 4.78. The van der Waals surface area contributed by atoms with Crippen molar-refractivity contribution in [3.05, 3.63) is 34.4 Å². The summed E-state index contributed by atoms with van der Waals surface area (Å²) < 4.78 is 0. The fourth-order valence-electron chi connectivity index (χ4n) is 6.57. The second kappa shape index (κ2) is 9.45. The largest absolute Gasteiger partial charge is 0.478 e. The van der Waals surface area contributed by atoms with Gasteiger partial charge in [-0.3, -0.25) is 0 Å². The van der Waals surface area contributed by atoms with E-state index in [4.69, 9.17) is 0 Å². The number of carbonyl (C=O) groups is 1. The molecule has 30 heavy (non-hydrogen) atoms. The first-order valence-corrected chi connectivity index (χ1v) is 12.8. The molecule has 0 unspecified atom stereocenters. The molecule has 1 aromatic carbocycles. The molecule has 0 amide bonds. The first-order chi connectivity index (χ1) is 14.4. The van der Waals surface area contributed by atoms with Gasteiger partial charge in [0, 0.05) is 0 Å². The van der Waals surface area contributed by atoms with Crippen molar-refractivity contribution in [1.29, 1.82) is 0 Å². The van der Waals surface area contributed by atoms with E-state index in [0.717, 1.165) is 43.4 Å². The Morgan fingerprint density at radius 3 is 1.30 bits per heavy atom. The minimum Gasteiger partial charge on any atom is -0.478 e. The molecule has 4 rings (SSSR count). The van der Waals surface area contributed by atoms with E-state index in [1.807, 2.05) is 0 Å². The van der Waals surface area contributed by atoms with Crippen LogP contribution in [-0.2, 0) is 0 Å². The first-order valence-electron chi connectivity index (χ1n) is 12.8. The van der Waals surface area contributed by atoms with Gasteiger partial charge in [-0.15, -0.1) is 0 Å². The van der Waals surface area contributed by atoms with Gasteiger partial charge in [-0.1, -0.05) is 71.4 Å². The fraction of sp³-hybridized carbons (Fsp3) is 0.750. The molecule has 3 saturated carbocycles. The highest BCUT2D eigenvalue weighted by Gasteiger charge is 2.32. The van der Waals surface area contributed by atoms with Gasteiger partial charge in [0.15, 0.2) is 0 Å². The molecule has 3 fully saturated rings. The van der Waals surface area contributed by atoms with Crippen LogP contribution in [0, 0.1) is 17.8 Å². The molecular formula is C28H42O2. The summed E-state index contributed by atoms with van der Waals surface area (Å²) in [4.78, 5) is 12.6. The molecule has 0 radical (unpaired) electrons. The van der Waals surface area contributed by atoms with Gasteiger partial charge in [0.25, 0.3) is 0 Å². The lowest BCUT2D eigenvalue weighted by atomic mass is 9.71. The van der Waals surface area contributed by atoms with Crippen molar-refractivity contribution in [2.45, 2.75) is 116 Å². The Hall–Kier alpha value is -1.31. The Morgan fingerprint density at radius 1 is 0.633 bits per heavy atom. The maximum absolute atomic E-state index is 12.6. The summed E-state index contributed by atoms with van der Waals surface area (Å²) in [6, 6.07) is 4.72. The van der Waals surface area contributed by atoms with Crippen molar-refractivity contribution in [2.24, 2.45) is 17.8 Å². The summed E-state index contributed by atoms with van der Waals surface area (Å²) in [5.74, 6) is 3.26. The molecule has 0 atom stereocenters. The Bertz CT molecular complexity index is 684. The smallest absolute Gasteiger partial charge is 0.336 e. The molecule has 166 valence electrons. The predicted octanol–water partition coefficient (Wildman–Crippen LogP) is 8.27. The van der Waals surface area contributed by atoms with E-state index in [1.165, 1.54) is 68.1 Å². The van der Waals surface area contributed by atoms with Gasteiger partial charge in [0.05, 0.1) is 5.56 Å². The second-order valence-electron chi connectivity index (χ2n) is 11.2. The van der Waals surface area contributed by atoms with Gasteiger partial charge in [0.1, 0.15) is 0 Å². The summed E-state index contributed by atoms with van der Waals surface area (Å²) in [7, 11) is 0. The molecule has 2 heteroatoms. The lowest BCUT2D eigenvalue weighted by Gasteiger charge is -2.34. The Labute approximate surface area is 183 Å². The summed E-state index contributed by atoms with van der Waals surface area (Å²) in [6.07, 6.45) is 14.8. The Balaban J connectivity index is 1.74. The summed E-state index contributed by atoms with van der Waals surface area (Å²) >= 11 is 0. The molecule has 3 aliphatic carbocycles. The molecule has 0 spiro atoms. The van der Waals surface area contributed by atoms with Crippen molar-refractivity contribution >= 4 is 5.97 Å². The van der Waals surface area contributed by atoms with Crippen LogP contribution in [-0.4, -0.2) is 11.1 Å². The van der Waals surface area contributed by atoms with Crippen LogP contribution >= 0.6 is 0 Å². The molecule has 0 aliphatic heterocycles. The van der Waals surface area contributed by atoms with Crippen LogP contribution in [0.2, 0.25) is 0 Å². The number of hydrogen-bond donors (Lipinski definition) is 1. The maximum Gasteiger partial charge on any atom is 0.336 e. The fourth-order valence-corrected chi connectivity index (χ4v) is 6.57. The number of carboxylic acid groups (broad SMARTS) is 1. The van der Waals surface area contributed by atoms with Crippen LogP contribution in [0.4, 0.5) is 0 Å². The molecule has 0 aromatic heterocycles. The molecule has 0 saturated heterocycles. The third-order valence-corrected chi connectivity index (χ3v) is 8.83. The molecule has 2 nitrogen and oxygen atoms in total. The Morgan fingerprint density at radius 2 is 0.967 bits per heavy atom. The van der Waals surface area contributed by atoms with Crippen LogP contribution in [0.15, 0.2) is 12.1 Å². The Kier molecular flexibility index (Phi) is 6.90. The minimum atomic E-state index is -0.680. The van der Waals surface area contributed by atoms with Gasteiger partial charge >= 0.3 is 5.97 Å². The van der Waals surface area contributed by atoms with E-state index in [1.54, 1.807) is 0 Å². The predicted molar refractivity (Wildman–Crippen MR) is 125 cm³/mol. The molecule has 3 aliphatic rings. The monoisotopic (exact) mass is 410 g/mol. The zero-order chi connectivity index (χ0) is 21.3. The second-order valence-corrected chi connectivity index (χ2v) is 11.2. The average Bonchev–Trinajstić information content (AvgIpc) is 2.74. The quantitative estimate of drug-likeness (QED) is 0.542. The van der Waals surface area contributed by atoms with E-state index in [0.29, 0.717) is 23.3 Å². The van der Waals surface area contributed by atoms with Gasteiger partial charge in [0.2, 0.25) is 0 Å². The minimum absolute atomic E-state index is 0.441. The lowest BCUT2D eigenvalue weighted by Crippen LogP contribution is -2.21. The summed E-state index contributed by atoms with van der Waals surface area (Å²) in [5, 5.41) is 10.3. The number of carboxylic acids is 1. The summed E-state index contributed by atoms with van der Waals surface area (Å²) in [5.41, 5.74) is 4.55. The molecule has 0 heterocycles. The van der Waals surface area contributed by atoms with Crippen LogP contribution in [0.3, 0.4) is 0 Å². The standard InChI is InChI=1S/C28H42O2/c1-18-4-10-21(11-5-18)24-16-25(22-12-6-19(2)7-13-22)27(28(29)30)26(17-24)23-14-8-20(3)9-15-23/h16-23H,4-15H2,1-3H3,(H,29,30). The van der Waals surface area contributed by atoms with E-state index >= 15 is 0 Å². The topological polar surface area (TPSA) is 37.3 Å². The van der Waals surface area contributed by atoms with Crippen LogP contribution in [0.1, 0.15) is 143 Å². The molecular weight excluding hydrogens is 368 g/mol. The molecule has 1 aromatic rings. The third-order valence-electron chi connectivity index (χ3n) is 8.83. The highest BCUT2D eigenvalue weighted by molar-refractivity contribution is 5.92. The van der Waals surface area contributed by atoms with E-state index in [2.05, 4.69) is 32.9 Å². The number of aromatic carboxylic acids is 1. The molecule has 0 bridgehead atoms. The van der Waals surface area contributed by atoms with Crippen molar-refractivity contribution in [3.63, 3.8) is 0 Å². The molecule has 1 N–H and O–H groups in total. The van der Waals surface area contributed by atoms with E-state index in [9.17, 15) is 9.90 Å². The van der Waals surface area contributed by atoms with E-state index in [-0.39, 0.29) is 0 Å². The number of rotatable bonds is 4. The summed E-state index contributed by atoms with van der Waals surface area (Å²) in [6.45, 7) is 7.08. The van der Waals surface area contributed by atoms with E-state index < -0.39 is 5.97 Å². The zero-order valence-electron chi connectivity index (χ0n) is 19.5. The average molecular weight is 411 g/mol. The highest BCUT2D eigenvalue weighted by Crippen LogP contribution is 2.45. The van der Waals surface area contributed by atoms with Crippen LogP contribution in [0.5, 0.6) is 0 Å². The van der Waals surface area contributed by atoms with Crippen molar-refractivity contribution in [1.82, 2.24) is 0 Å². The van der Waals surface area contributed by atoms with Gasteiger partial charge in [-0.2, -0.15) is 0 Å². The van der Waals surface area contributed by atoms with Crippen molar-refractivity contribution in [3.8, 4) is 0 Å². The maximum atomic E-state index is 12.6. The normalized spacial score (nSPS) is 35.2. The number of benzene rings is 1. The first kappa shape index (κ1) is 21.9. The van der Waals surface area contributed by atoms with Crippen LogP contribution < -0.4 is 0 Å². The van der Waals surface area contributed by atoms with Gasteiger partial charge in [-0.05, 0) is 90.7 Å². The number of hydrogen-bond acceptors (Lipinski definition) is 1. The van der Waals surface area contributed by atoms with Gasteiger partial charge < -0.3 is 5.11 Å².